The summed E-state index contributed by atoms with van der Waals surface area (Å²) in [5.74, 6) is -1.02. The number of hydrogen-bond acceptors (Lipinski definition) is 4. The van der Waals surface area contributed by atoms with Gasteiger partial charge < -0.3 is 14.6 Å². The van der Waals surface area contributed by atoms with Crippen LogP contribution in [0.1, 0.15) is 78.1 Å². The van der Waals surface area contributed by atoms with Crippen molar-refractivity contribution in [2.24, 2.45) is 0 Å². The molecule has 4 aromatic rings. The fourth-order valence-corrected chi connectivity index (χ4v) is 6.40. The van der Waals surface area contributed by atoms with Crippen molar-refractivity contribution < 1.29 is 18.4 Å². The molecule has 3 aromatic carbocycles. The van der Waals surface area contributed by atoms with E-state index in [0.29, 0.717) is 29.6 Å². The van der Waals surface area contributed by atoms with Crippen LogP contribution in [0.5, 0.6) is 0 Å². The molecule has 230 valence electrons. The monoisotopic (exact) mass is 624 g/mol. The fraction of sp³-hybridized carbons (Fsp3) is 0.270. The van der Waals surface area contributed by atoms with Gasteiger partial charge in [-0.25, -0.2) is 4.39 Å². The number of para-hydroxylation sites is 1. The zero-order chi connectivity index (χ0) is 31.3. The van der Waals surface area contributed by atoms with Gasteiger partial charge in [0.25, 0.3) is 5.91 Å². The molecule has 0 spiro atoms. The maximum atomic E-state index is 14.4. The van der Waals surface area contributed by atoms with Gasteiger partial charge in [0.2, 0.25) is 5.91 Å². The molecule has 0 unspecified atom stereocenters. The number of carbonyl (C=O) groups excluding carboxylic acids is 2. The van der Waals surface area contributed by atoms with Crippen LogP contribution in [-0.2, 0) is 11.3 Å². The highest BCUT2D eigenvalue weighted by Crippen LogP contribution is 2.38. The Morgan fingerprint density at radius 2 is 1.76 bits per heavy atom. The number of likely N-dealkylation sites (tertiary alicyclic amines) is 1. The molecular formula is C37H34ClFN2O4. The summed E-state index contributed by atoms with van der Waals surface area (Å²) in [4.78, 5) is 40.4. The van der Waals surface area contributed by atoms with Gasteiger partial charge in [0.05, 0.1) is 5.39 Å². The Morgan fingerprint density at radius 1 is 0.978 bits per heavy atom. The van der Waals surface area contributed by atoms with Crippen LogP contribution >= 0.6 is 11.6 Å². The number of carbonyl (C=O) groups is 2. The van der Waals surface area contributed by atoms with E-state index in [2.05, 4.69) is 23.5 Å². The second kappa shape index (κ2) is 13.7. The van der Waals surface area contributed by atoms with Crippen LogP contribution in [0.15, 0.2) is 99.4 Å². The second-order valence-corrected chi connectivity index (χ2v) is 12.2. The molecule has 2 aliphatic rings. The van der Waals surface area contributed by atoms with E-state index in [4.69, 9.17) is 16.0 Å². The van der Waals surface area contributed by atoms with Crippen LogP contribution in [0.4, 0.5) is 4.39 Å². The number of nitrogens with one attached hydrogen (secondary N) is 1. The molecule has 6 nitrogen and oxygen atoms in total. The average Bonchev–Trinajstić information content (AvgIpc) is 3.04. The molecule has 8 heteroatoms. The molecule has 1 N–H and O–H groups in total. The first-order valence-electron chi connectivity index (χ1n) is 15.4. The maximum Gasteiger partial charge on any atom is 0.291 e. The van der Waals surface area contributed by atoms with Gasteiger partial charge in [-0.05, 0) is 97.6 Å². The topological polar surface area (TPSA) is 79.6 Å². The zero-order valence-electron chi connectivity index (χ0n) is 24.9. The van der Waals surface area contributed by atoms with E-state index in [0.717, 1.165) is 56.7 Å². The van der Waals surface area contributed by atoms with Gasteiger partial charge in [-0.15, -0.1) is 0 Å². The maximum absolute atomic E-state index is 14.4. The highest BCUT2D eigenvalue weighted by atomic mass is 35.5. The number of fused-ring (bicyclic) bond motifs is 1. The smallest absolute Gasteiger partial charge is 0.291 e. The van der Waals surface area contributed by atoms with Gasteiger partial charge in [-0.2, -0.15) is 0 Å². The predicted molar refractivity (Wildman–Crippen MR) is 174 cm³/mol. The van der Waals surface area contributed by atoms with Crippen LogP contribution in [-0.4, -0.2) is 23.3 Å². The summed E-state index contributed by atoms with van der Waals surface area (Å²) >= 11 is 6.09. The van der Waals surface area contributed by atoms with Gasteiger partial charge in [0.15, 0.2) is 22.6 Å². The molecule has 0 bridgehead atoms. The Labute approximate surface area is 266 Å². The first-order valence-corrected chi connectivity index (χ1v) is 15.8. The Bertz CT molecular complexity index is 1850. The lowest BCUT2D eigenvalue weighted by atomic mass is 9.79. The molecule has 6 rings (SSSR count). The molecule has 2 fully saturated rings. The van der Waals surface area contributed by atoms with E-state index >= 15 is 0 Å². The number of rotatable bonds is 7. The zero-order valence-corrected chi connectivity index (χ0v) is 25.6. The number of hydrogen-bond donors (Lipinski definition) is 1. The highest BCUT2D eigenvalue weighted by molar-refractivity contribution is 6.30. The molecule has 1 aliphatic heterocycles. The van der Waals surface area contributed by atoms with E-state index in [-0.39, 0.29) is 22.6 Å². The van der Waals surface area contributed by atoms with E-state index in [9.17, 15) is 18.8 Å². The van der Waals surface area contributed by atoms with E-state index in [1.165, 1.54) is 34.9 Å². The summed E-state index contributed by atoms with van der Waals surface area (Å²) in [6, 6.07) is 20.8. The molecule has 2 heterocycles. The van der Waals surface area contributed by atoms with Crippen LogP contribution in [0.3, 0.4) is 0 Å². The largest absolute Gasteiger partial charge is 0.448 e. The van der Waals surface area contributed by atoms with Crippen molar-refractivity contribution in [2.45, 2.75) is 57.4 Å². The lowest BCUT2D eigenvalue weighted by Crippen LogP contribution is -2.35. The van der Waals surface area contributed by atoms with Gasteiger partial charge >= 0.3 is 0 Å². The number of amides is 2. The third kappa shape index (κ3) is 7.26. The normalized spacial score (nSPS) is 17.4. The molecule has 1 aliphatic carbocycles. The van der Waals surface area contributed by atoms with Crippen LogP contribution in [0.2, 0.25) is 5.02 Å². The number of allylic oxidation sites excluding steroid dienone is 2. The summed E-state index contributed by atoms with van der Waals surface area (Å²) in [6.45, 7) is 1.47. The molecule has 2 amide bonds. The number of nitrogens with zero attached hydrogens (tertiary/aromatic N) is 1. The number of piperidine rings is 1. The van der Waals surface area contributed by atoms with E-state index in [1.54, 1.807) is 12.1 Å². The minimum absolute atomic E-state index is 0.0754. The standard InChI is InChI=1S/C37H34ClFN2O4/c38-28-17-13-25(14-18-28)21-29(40-37(44)34-22-33(42)31-8-5-9-32(39)36(31)45-34)20-24-11-15-26(16-12-24)30-7-2-1-6-27(30)23-41-19-4-3-10-35(41)43/h1-2,5-9,13-14,17-18,20-22,26H,3-4,10-12,15-16,19,23H2,(H,40,44)/b24-20?,29-21-. The summed E-state index contributed by atoms with van der Waals surface area (Å²) in [7, 11) is 0. The second-order valence-electron chi connectivity index (χ2n) is 11.7. The van der Waals surface area contributed by atoms with Gasteiger partial charge in [0, 0.05) is 36.3 Å². The lowest BCUT2D eigenvalue weighted by molar-refractivity contribution is -0.133. The van der Waals surface area contributed by atoms with Gasteiger partial charge in [-0.3, -0.25) is 14.4 Å². The molecule has 1 saturated heterocycles. The van der Waals surface area contributed by atoms with Crippen LogP contribution in [0, 0.1) is 5.82 Å². The third-order valence-electron chi connectivity index (χ3n) is 8.65. The van der Waals surface area contributed by atoms with Crippen molar-refractivity contribution in [1.82, 2.24) is 10.2 Å². The number of benzene rings is 3. The summed E-state index contributed by atoms with van der Waals surface area (Å²) in [6.07, 6.45) is 10.0. The van der Waals surface area contributed by atoms with Gasteiger partial charge in [-0.1, -0.05) is 59.6 Å². The first-order chi connectivity index (χ1) is 21.8. The Hall–Kier alpha value is -4.49. The molecule has 0 radical (unpaired) electrons. The minimum Gasteiger partial charge on any atom is -0.448 e. The van der Waals surface area contributed by atoms with Crippen molar-refractivity contribution in [2.75, 3.05) is 6.54 Å². The number of halogens is 2. The highest BCUT2D eigenvalue weighted by Gasteiger charge is 2.24. The van der Waals surface area contributed by atoms with Crippen molar-refractivity contribution in [3.63, 3.8) is 0 Å². The van der Waals surface area contributed by atoms with Crippen molar-refractivity contribution >= 4 is 40.5 Å². The quantitative estimate of drug-likeness (QED) is 0.225. The SMILES string of the molecule is O=C(N/C(C=C1CCC(c2ccccc2CN2CCCCC2=O)CC1)=C\c1ccc(Cl)cc1)c1cc(=O)c2cccc(F)c2o1. The Balaban J connectivity index is 1.22. The predicted octanol–water partition coefficient (Wildman–Crippen LogP) is 8.15. The summed E-state index contributed by atoms with van der Waals surface area (Å²) in [5.41, 5.74) is 4.31. The Kier molecular flexibility index (Phi) is 9.26. The molecule has 45 heavy (non-hydrogen) atoms. The van der Waals surface area contributed by atoms with Crippen molar-refractivity contribution in [1.29, 1.82) is 0 Å². The van der Waals surface area contributed by atoms with Crippen LogP contribution in [0.25, 0.3) is 17.0 Å². The molecular weight excluding hydrogens is 591 g/mol. The molecule has 0 atom stereocenters. The average molecular weight is 625 g/mol. The molecule has 1 aromatic heterocycles. The van der Waals surface area contributed by atoms with Crippen molar-refractivity contribution in [3.8, 4) is 0 Å². The first kappa shape index (κ1) is 30.5. The van der Waals surface area contributed by atoms with E-state index < -0.39 is 17.2 Å². The van der Waals surface area contributed by atoms with Crippen LogP contribution < -0.4 is 10.7 Å². The lowest BCUT2D eigenvalue weighted by Gasteiger charge is -2.30. The van der Waals surface area contributed by atoms with Gasteiger partial charge in [0.1, 0.15) is 0 Å². The van der Waals surface area contributed by atoms with E-state index in [1.807, 2.05) is 35.3 Å². The minimum atomic E-state index is -0.709. The third-order valence-corrected chi connectivity index (χ3v) is 8.90. The fourth-order valence-electron chi connectivity index (χ4n) is 6.27. The summed E-state index contributed by atoms with van der Waals surface area (Å²) in [5, 5.41) is 3.55. The van der Waals surface area contributed by atoms with Crippen molar-refractivity contribution in [3.05, 3.63) is 134 Å². The summed E-state index contributed by atoms with van der Waals surface area (Å²) < 4.78 is 20.0. The Morgan fingerprint density at radius 3 is 2.53 bits per heavy atom. The molecule has 1 saturated carbocycles.